The molecule has 0 saturated heterocycles. The first-order valence-electron chi connectivity index (χ1n) is 12.6. The van der Waals surface area contributed by atoms with Crippen LogP contribution in [0.5, 0.6) is 5.75 Å². The number of nitrogens with zero attached hydrogens (tertiary/aromatic N) is 2. The fourth-order valence-electron chi connectivity index (χ4n) is 5.08. The first kappa shape index (κ1) is 23.8. The maximum Gasteiger partial charge on any atom is 0.257 e. The van der Waals surface area contributed by atoms with Gasteiger partial charge in [-0.2, -0.15) is 0 Å². The van der Waals surface area contributed by atoms with Gasteiger partial charge in [-0.15, -0.1) is 0 Å². The van der Waals surface area contributed by atoms with Gasteiger partial charge in [-0.25, -0.2) is 4.99 Å². The van der Waals surface area contributed by atoms with Gasteiger partial charge in [-0.05, 0) is 48.2 Å². The standard InChI is InChI=1S/C30H31N3O3/c1-36-24-18-16-21(17-19-24)20-33-28(29(34)31-23-12-6-3-7-13-23)27(22-10-4-2-5-11-22)32-26-15-9-8-14-25(26)30(33)35/h2,4-5,8-11,14-19,23,28H,3,6-7,12-13,20H2,1H3,(H,31,34). The van der Waals surface area contributed by atoms with Crippen LogP contribution >= 0.6 is 0 Å². The third kappa shape index (κ3) is 5.03. The Bertz CT molecular complexity index is 1250. The van der Waals surface area contributed by atoms with Crippen LogP contribution < -0.4 is 10.1 Å². The number of para-hydroxylation sites is 1. The van der Waals surface area contributed by atoms with Crippen molar-refractivity contribution < 1.29 is 14.3 Å². The highest BCUT2D eigenvalue weighted by atomic mass is 16.5. The summed E-state index contributed by atoms with van der Waals surface area (Å²) in [5.74, 6) is 0.350. The van der Waals surface area contributed by atoms with Crippen LogP contribution in [0.15, 0.2) is 83.9 Å². The predicted octanol–water partition coefficient (Wildman–Crippen LogP) is 5.29. The first-order chi connectivity index (χ1) is 17.6. The van der Waals surface area contributed by atoms with Gasteiger partial charge >= 0.3 is 0 Å². The van der Waals surface area contributed by atoms with Crippen LogP contribution in [0, 0.1) is 0 Å². The molecule has 184 valence electrons. The summed E-state index contributed by atoms with van der Waals surface area (Å²) in [5.41, 5.74) is 3.38. The van der Waals surface area contributed by atoms with Gasteiger partial charge in [-0.3, -0.25) is 9.59 Å². The summed E-state index contributed by atoms with van der Waals surface area (Å²) in [6.45, 7) is 0.270. The largest absolute Gasteiger partial charge is 0.497 e. The van der Waals surface area contributed by atoms with Crippen LogP contribution in [0.2, 0.25) is 0 Å². The number of aliphatic imine (C=N–C) groups is 1. The van der Waals surface area contributed by atoms with E-state index in [0.717, 1.165) is 42.6 Å². The number of carbonyl (C=O) groups excluding carboxylic acids is 2. The molecule has 1 heterocycles. The zero-order valence-electron chi connectivity index (χ0n) is 20.5. The Hall–Kier alpha value is -3.93. The van der Waals surface area contributed by atoms with Crippen molar-refractivity contribution in [1.29, 1.82) is 0 Å². The summed E-state index contributed by atoms with van der Waals surface area (Å²) < 4.78 is 5.30. The third-order valence-electron chi connectivity index (χ3n) is 6.99. The molecule has 1 aliphatic carbocycles. The molecule has 3 aromatic carbocycles. The van der Waals surface area contributed by atoms with Crippen molar-refractivity contribution in [1.82, 2.24) is 10.2 Å². The zero-order chi connectivity index (χ0) is 24.9. The number of nitrogens with one attached hydrogen (secondary N) is 1. The summed E-state index contributed by atoms with van der Waals surface area (Å²) in [7, 11) is 1.62. The number of benzene rings is 3. The van der Waals surface area contributed by atoms with Gasteiger partial charge in [0.1, 0.15) is 5.75 Å². The fourth-order valence-corrected chi connectivity index (χ4v) is 5.08. The van der Waals surface area contributed by atoms with E-state index in [9.17, 15) is 9.59 Å². The van der Waals surface area contributed by atoms with Crippen LogP contribution in [0.25, 0.3) is 0 Å². The predicted molar refractivity (Wildman–Crippen MR) is 141 cm³/mol. The van der Waals surface area contributed by atoms with E-state index >= 15 is 0 Å². The van der Waals surface area contributed by atoms with E-state index in [1.807, 2.05) is 72.8 Å². The average Bonchev–Trinajstić information content (AvgIpc) is 3.05. The molecule has 0 spiro atoms. The zero-order valence-corrected chi connectivity index (χ0v) is 20.5. The number of amides is 2. The molecule has 1 fully saturated rings. The van der Waals surface area contributed by atoms with Crippen molar-refractivity contribution >= 4 is 23.2 Å². The second-order valence-corrected chi connectivity index (χ2v) is 9.41. The first-order valence-corrected chi connectivity index (χ1v) is 12.6. The van der Waals surface area contributed by atoms with Gasteiger partial charge in [0.15, 0.2) is 6.04 Å². The van der Waals surface area contributed by atoms with Crippen molar-refractivity contribution in [2.75, 3.05) is 7.11 Å². The number of hydrogen-bond donors (Lipinski definition) is 1. The molecule has 0 bridgehead atoms. The molecule has 1 unspecified atom stereocenters. The van der Waals surface area contributed by atoms with E-state index in [1.165, 1.54) is 6.42 Å². The quantitative estimate of drug-likeness (QED) is 0.520. The molecular formula is C30H31N3O3. The van der Waals surface area contributed by atoms with Gasteiger partial charge in [0.2, 0.25) is 5.91 Å². The van der Waals surface area contributed by atoms with Crippen molar-refractivity contribution in [3.8, 4) is 5.75 Å². The summed E-state index contributed by atoms with van der Waals surface area (Å²) in [4.78, 5) is 34.6. The van der Waals surface area contributed by atoms with E-state index < -0.39 is 6.04 Å². The lowest BCUT2D eigenvalue weighted by atomic mass is 9.94. The van der Waals surface area contributed by atoms with E-state index in [1.54, 1.807) is 18.1 Å². The van der Waals surface area contributed by atoms with Gasteiger partial charge in [0, 0.05) is 12.6 Å². The number of methoxy groups -OCH3 is 1. The van der Waals surface area contributed by atoms with E-state index in [4.69, 9.17) is 9.73 Å². The number of rotatable bonds is 6. The van der Waals surface area contributed by atoms with Gasteiger partial charge in [0.25, 0.3) is 5.91 Å². The third-order valence-corrected chi connectivity index (χ3v) is 6.99. The molecule has 1 N–H and O–H groups in total. The minimum absolute atomic E-state index is 0.117. The minimum atomic E-state index is -0.865. The second-order valence-electron chi connectivity index (χ2n) is 9.41. The molecule has 36 heavy (non-hydrogen) atoms. The second kappa shape index (κ2) is 10.8. The highest BCUT2D eigenvalue weighted by Crippen LogP contribution is 2.30. The van der Waals surface area contributed by atoms with Crippen molar-refractivity contribution in [2.24, 2.45) is 4.99 Å². The summed E-state index contributed by atoms with van der Waals surface area (Å²) in [6, 6.07) is 23.9. The Morgan fingerprint density at radius 1 is 0.944 bits per heavy atom. The summed E-state index contributed by atoms with van der Waals surface area (Å²) in [5, 5.41) is 3.26. The molecule has 6 heteroatoms. The maximum absolute atomic E-state index is 14.0. The number of carbonyl (C=O) groups is 2. The smallest absolute Gasteiger partial charge is 0.257 e. The Balaban J connectivity index is 1.60. The van der Waals surface area contributed by atoms with E-state index in [2.05, 4.69) is 5.32 Å². The van der Waals surface area contributed by atoms with E-state index in [0.29, 0.717) is 17.0 Å². The molecular weight excluding hydrogens is 450 g/mol. The van der Waals surface area contributed by atoms with Crippen LogP contribution in [-0.2, 0) is 11.3 Å². The molecule has 2 aliphatic rings. The fraction of sp³-hybridized carbons (Fsp3) is 0.300. The molecule has 1 saturated carbocycles. The maximum atomic E-state index is 14.0. The highest BCUT2D eigenvalue weighted by molar-refractivity contribution is 6.21. The molecule has 5 rings (SSSR count). The van der Waals surface area contributed by atoms with Crippen molar-refractivity contribution in [3.63, 3.8) is 0 Å². The Labute approximate surface area is 212 Å². The molecule has 0 aromatic heterocycles. The number of fused-ring (bicyclic) bond motifs is 1. The van der Waals surface area contributed by atoms with Crippen molar-refractivity contribution in [3.05, 3.63) is 95.6 Å². The number of hydrogen-bond acceptors (Lipinski definition) is 4. The van der Waals surface area contributed by atoms with Crippen LogP contribution in [0.3, 0.4) is 0 Å². The van der Waals surface area contributed by atoms with Gasteiger partial charge in [0.05, 0.1) is 24.1 Å². The molecule has 3 aromatic rings. The average molecular weight is 482 g/mol. The van der Waals surface area contributed by atoms with Gasteiger partial charge in [-0.1, -0.05) is 73.9 Å². The molecule has 6 nitrogen and oxygen atoms in total. The summed E-state index contributed by atoms with van der Waals surface area (Å²) >= 11 is 0. The Morgan fingerprint density at radius 2 is 1.64 bits per heavy atom. The molecule has 1 aliphatic heterocycles. The topological polar surface area (TPSA) is 71.0 Å². The van der Waals surface area contributed by atoms with Crippen LogP contribution in [-0.4, -0.2) is 41.6 Å². The number of ether oxygens (including phenoxy) is 1. The molecule has 0 radical (unpaired) electrons. The lowest BCUT2D eigenvalue weighted by Gasteiger charge is -2.33. The minimum Gasteiger partial charge on any atom is -0.497 e. The van der Waals surface area contributed by atoms with E-state index in [-0.39, 0.29) is 24.4 Å². The van der Waals surface area contributed by atoms with Crippen LogP contribution in [0.1, 0.15) is 53.6 Å². The lowest BCUT2D eigenvalue weighted by molar-refractivity contribution is -0.124. The Kier molecular flexibility index (Phi) is 7.12. The van der Waals surface area contributed by atoms with Crippen LogP contribution in [0.4, 0.5) is 5.69 Å². The summed E-state index contributed by atoms with van der Waals surface area (Å²) in [6.07, 6.45) is 5.33. The SMILES string of the molecule is COc1ccc(CN2C(=O)c3ccccc3N=C(c3ccccc3)C2C(=O)NC2CCCCC2)cc1. The lowest BCUT2D eigenvalue weighted by Crippen LogP contribution is -2.55. The molecule has 2 amide bonds. The highest BCUT2D eigenvalue weighted by Gasteiger charge is 2.39. The normalized spacial score (nSPS) is 18.1. The monoisotopic (exact) mass is 481 g/mol. The molecule has 1 atom stereocenters. The Morgan fingerprint density at radius 3 is 2.36 bits per heavy atom. The van der Waals surface area contributed by atoms with Crippen molar-refractivity contribution in [2.45, 2.75) is 50.7 Å². The van der Waals surface area contributed by atoms with Gasteiger partial charge < -0.3 is 15.0 Å².